The molecule has 124 valence electrons. The Morgan fingerprint density at radius 2 is 1.79 bits per heavy atom. The molecule has 3 aromatic rings. The summed E-state index contributed by atoms with van der Waals surface area (Å²) in [6.07, 6.45) is 8.51. The molecule has 0 aliphatic heterocycles. The molecule has 0 radical (unpaired) electrons. The maximum Gasteiger partial charge on any atom is 0.157 e. The molecule has 1 saturated carbocycles. The molecular formula is C19H23N5. The summed E-state index contributed by atoms with van der Waals surface area (Å²) >= 11 is 0. The van der Waals surface area contributed by atoms with Crippen molar-refractivity contribution in [1.29, 1.82) is 0 Å². The summed E-state index contributed by atoms with van der Waals surface area (Å²) < 4.78 is 1.68. The molecule has 0 atom stereocenters. The lowest BCUT2D eigenvalue weighted by atomic mass is 9.78. The summed E-state index contributed by atoms with van der Waals surface area (Å²) in [7, 11) is 0. The van der Waals surface area contributed by atoms with Crippen molar-refractivity contribution in [1.82, 2.24) is 14.6 Å². The van der Waals surface area contributed by atoms with E-state index in [1.54, 1.807) is 10.7 Å². The number of nitrogens with two attached hydrogens (primary N) is 2. The van der Waals surface area contributed by atoms with Crippen LogP contribution in [0.1, 0.15) is 37.2 Å². The zero-order valence-electron chi connectivity index (χ0n) is 13.7. The maximum atomic E-state index is 6.26. The SMILES string of the molecule is NC[C@H]1CC[C@H](c2ccc(-c3cnc4ccnn4c3N)cc2)CC1. The fourth-order valence-corrected chi connectivity index (χ4v) is 3.78. The van der Waals surface area contributed by atoms with Crippen LogP contribution < -0.4 is 11.5 Å². The van der Waals surface area contributed by atoms with Crippen LogP contribution in [-0.4, -0.2) is 21.1 Å². The summed E-state index contributed by atoms with van der Waals surface area (Å²) in [5, 5.41) is 4.23. The smallest absolute Gasteiger partial charge is 0.157 e. The minimum absolute atomic E-state index is 0.626. The molecule has 0 bridgehead atoms. The van der Waals surface area contributed by atoms with Gasteiger partial charge in [0, 0.05) is 17.8 Å². The third-order valence-electron chi connectivity index (χ3n) is 5.33. The Bertz CT molecular complexity index is 829. The summed E-state index contributed by atoms with van der Waals surface area (Å²) in [6, 6.07) is 10.6. The van der Waals surface area contributed by atoms with Gasteiger partial charge in [0.05, 0.1) is 6.20 Å². The van der Waals surface area contributed by atoms with Crippen LogP contribution >= 0.6 is 0 Å². The number of hydrogen-bond donors (Lipinski definition) is 2. The van der Waals surface area contributed by atoms with E-state index in [-0.39, 0.29) is 0 Å². The minimum Gasteiger partial charge on any atom is -0.383 e. The van der Waals surface area contributed by atoms with Crippen molar-refractivity contribution in [2.75, 3.05) is 12.3 Å². The second-order valence-electron chi connectivity index (χ2n) is 6.73. The molecule has 1 aliphatic rings. The minimum atomic E-state index is 0.626. The van der Waals surface area contributed by atoms with Gasteiger partial charge in [0.1, 0.15) is 5.82 Å². The summed E-state index contributed by atoms with van der Waals surface area (Å²) in [6.45, 7) is 0.827. The number of nitrogen functional groups attached to an aromatic ring is 1. The van der Waals surface area contributed by atoms with E-state index in [4.69, 9.17) is 11.5 Å². The van der Waals surface area contributed by atoms with Gasteiger partial charge in [-0.15, -0.1) is 0 Å². The monoisotopic (exact) mass is 321 g/mol. The summed E-state index contributed by atoms with van der Waals surface area (Å²) in [5.41, 5.74) is 16.2. The Kier molecular flexibility index (Phi) is 3.94. The maximum absolute atomic E-state index is 6.26. The molecule has 2 heterocycles. The Morgan fingerprint density at radius 1 is 1.04 bits per heavy atom. The zero-order valence-corrected chi connectivity index (χ0v) is 13.7. The molecule has 1 aliphatic carbocycles. The van der Waals surface area contributed by atoms with E-state index in [9.17, 15) is 0 Å². The van der Waals surface area contributed by atoms with Gasteiger partial charge in [-0.25, -0.2) is 4.98 Å². The molecule has 4 rings (SSSR count). The van der Waals surface area contributed by atoms with Crippen LogP contribution in [0.2, 0.25) is 0 Å². The van der Waals surface area contributed by atoms with Gasteiger partial charge in [0.2, 0.25) is 0 Å². The normalized spacial score (nSPS) is 21.2. The van der Waals surface area contributed by atoms with Crippen molar-refractivity contribution < 1.29 is 0 Å². The van der Waals surface area contributed by atoms with Crippen LogP contribution in [0.15, 0.2) is 42.7 Å². The zero-order chi connectivity index (χ0) is 16.5. The third-order valence-corrected chi connectivity index (χ3v) is 5.33. The van der Waals surface area contributed by atoms with Gasteiger partial charge in [-0.2, -0.15) is 9.61 Å². The molecule has 0 amide bonds. The molecule has 1 aromatic carbocycles. The number of fused-ring (bicyclic) bond motifs is 1. The predicted molar refractivity (Wildman–Crippen MR) is 96.6 cm³/mol. The van der Waals surface area contributed by atoms with Crippen LogP contribution in [0, 0.1) is 5.92 Å². The van der Waals surface area contributed by atoms with Crippen molar-refractivity contribution in [3.8, 4) is 11.1 Å². The number of aromatic nitrogens is 3. The Balaban J connectivity index is 1.58. The van der Waals surface area contributed by atoms with E-state index in [1.807, 2.05) is 12.3 Å². The van der Waals surface area contributed by atoms with Crippen molar-refractivity contribution in [3.63, 3.8) is 0 Å². The molecule has 0 saturated heterocycles. The van der Waals surface area contributed by atoms with Gasteiger partial charge in [0.15, 0.2) is 5.65 Å². The second-order valence-corrected chi connectivity index (χ2v) is 6.73. The van der Waals surface area contributed by atoms with Gasteiger partial charge in [-0.05, 0) is 55.2 Å². The molecule has 2 aromatic heterocycles. The largest absolute Gasteiger partial charge is 0.383 e. The Hall–Kier alpha value is -2.40. The van der Waals surface area contributed by atoms with Crippen molar-refractivity contribution >= 4 is 11.5 Å². The van der Waals surface area contributed by atoms with Crippen LogP contribution in [0.25, 0.3) is 16.8 Å². The van der Waals surface area contributed by atoms with E-state index in [0.717, 1.165) is 23.3 Å². The highest BCUT2D eigenvalue weighted by Crippen LogP contribution is 2.36. The van der Waals surface area contributed by atoms with Crippen LogP contribution in [0.5, 0.6) is 0 Å². The number of benzene rings is 1. The van der Waals surface area contributed by atoms with Crippen LogP contribution in [0.4, 0.5) is 5.82 Å². The van der Waals surface area contributed by atoms with Crippen molar-refractivity contribution in [2.24, 2.45) is 11.7 Å². The first-order valence-electron chi connectivity index (χ1n) is 8.65. The molecule has 0 unspecified atom stereocenters. The van der Waals surface area contributed by atoms with E-state index in [2.05, 4.69) is 34.3 Å². The highest BCUT2D eigenvalue weighted by atomic mass is 15.3. The second kappa shape index (κ2) is 6.24. The van der Waals surface area contributed by atoms with Crippen molar-refractivity contribution in [3.05, 3.63) is 48.3 Å². The van der Waals surface area contributed by atoms with Gasteiger partial charge in [0.25, 0.3) is 0 Å². The van der Waals surface area contributed by atoms with E-state index < -0.39 is 0 Å². The molecular weight excluding hydrogens is 298 g/mol. The molecule has 24 heavy (non-hydrogen) atoms. The first-order valence-corrected chi connectivity index (χ1v) is 8.65. The number of hydrogen-bond acceptors (Lipinski definition) is 4. The quantitative estimate of drug-likeness (QED) is 0.776. The number of anilines is 1. The van der Waals surface area contributed by atoms with Crippen molar-refractivity contribution in [2.45, 2.75) is 31.6 Å². The standard InChI is InChI=1S/C19H23N5/c20-11-13-1-3-14(4-2-13)15-5-7-16(8-6-15)17-12-22-18-9-10-23-24(18)19(17)21/h5-10,12-14H,1-4,11,20-21H2/t13-,14-. The first kappa shape index (κ1) is 15.1. The molecule has 0 spiro atoms. The van der Waals surface area contributed by atoms with Gasteiger partial charge >= 0.3 is 0 Å². The fraction of sp³-hybridized carbons (Fsp3) is 0.368. The van der Waals surface area contributed by atoms with E-state index in [0.29, 0.717) is 17.7 Å². The average Bonchev–Trinajstić information content (AvgIpc) is 3.12. The topological polar surface area (TPSA) is 82.2 Å². The average molecular weight is 321 g/mol. The molecule has 1 fully saturated rings. The lowest BCUT2D eigenvalue weighted by molar-refractivity contribution is 0.333. The van der Waals surface area contributed by atoms with Gasteiger partial charge in [-0.1, -0.05) is 24.3 Å². The lowest BCUT2D eigenvalue weighted by Gasteiger charge is -2.28. The Labute approximate surface area is 141 Å². The number of nitrogens with zero attached hydrogens (tertiary/aromatic N) is 3. The first-order chi connectivity index (χ1) is 11.8. The third kappa shape index (κ3) is 2.65. The highest BCUT2D eigenvalue weighted by molar-refractivity contribution is 5.75. The molecule has 5 heteroatoms. The Morgan fingerprint density at radius 3 is 2.50 bits per heavy atom. The lowest BCUT2D eigenvalue weighted by Crippen LogP contribution is -2.20. The van der Waals surface area contributed by atoms with Crippen LogP contribution in [0.3, 0.4) is 0 Å². The van der Waals surface area contributed by atoms with Gasteiger partial charge < -0.3 is 11.5 Å². The van der Waals surface area contributed by atoms with E-state index >= 15 is 0 Å². The molecule has 5 nitrogen and oxygen atoms in total. The highest BCUT2D eigenvalue weighted by Gasteiger charge is 2.21. The number of rotatable bonds is 3. The summed E-state index contributed by atoms with van der Waals surface area (Å²) in [4.78, 5) is 4.42. The summed E-state index contributed by atoms with van der Waals surface area (Å²) in [5.74, 6) is 2.00. The predicted octanol–water partition coefficient (Wildman–Crippen LogP) is 3.21. The van der Waals surface area contributed by atoms with Gasteiger partial charge in [-0.3, -0.25) is 0 Å². The van der Waals surface area contributed by atoms with E-state index in [1.165, 1.54) is 31.2 Å². The van der Waals surface area contributed by atoms with Crippen LogP contribution in [-0.2, 0) is 0 Å². The fourth-order valence-electron chi connectivity index (χ4n) is 3.78. The molecule has 4 N–H and O–H groups in total.